The molecule has 1 N–H and O–H groups in total. The van der Waals surface area contributed by atoms with E-state index in [1.807, 2.05) is 0 Å². The summed E-state index contributed by atoms with van der Waals surface area (Å²) in [4.78, 5) is 11.0. The van der Waals surface area contributed by atoms with Crippen LogP contribution < -0.4 is 14.8 Å². The summed E-state index contributed by atoms with van der Waals surface area (Å²) in [6.07, 6.45) is 0. The molecule has 0 aliphatic rings. The van der Waals surface area contributed by atoms with Crippen molar-refractivity contribution in [1.82, 2.24) is 0 Å². The molecule has 1 aromatic carbocycles. The first kappa shape index (κ1) is 17.5. The lowest BCUT2D eigenvalue weighted by molar-refractivity contribution is -0.114. The number of amides is 1. The molecule has 1 rings (SSSR count). The summed E-state index contributed by atoms with van der Waals surface area (Å²) in [7, 11) is 0.488. The Morgan fingerprint density at radius 2 is 1.95 bits per heavy atom. The predicted octanol–water partition coefficient (Wildman–Crippen LogP) is 3.34. The van der Waals surface area contributed by atoms with Gasteiger partial charge in [-0.05, 0) is 18.2 Å². The van der Waals surface area contributed by atoms with Crippen molar-refractivity contribution in [2.45, 2.75) is 32.6 Å². The first-order valence-corrected chi connectivity index (χ1v) is 10.7. The summed E-state index contributed by atoms with van der Waals surface area (Å²) in [5.74, 6) is 1.04. The van der Waals surface area contributed by atoms with Crippen molar-refractivity contribution >= 4 is 19.7 Å². The molecule has 0 saturated carbocycles. The Balaban J connectivity index is 2.49. The second kappa shape index (κ2) is 8.04. The summed E-state index contributed by atoms with van der Waals surface area (Å²) in [5.41, 5.74) is 0.673. The number of hydrogen-bond acceptors (Lipinski definition) is 4. The maximum atomic E-state index is 11.0. The molecule has 1 amide bonds. The highest BCUT2D eigenvalue weighted by molar-refractivity contribution is 6.76. The number of benzene rings is 1. The third-order valence-electron chi connectivity index (χ3n) is 2.78. The van der Waals surface area contributed by atoms with Crippen LogP contribution in [0.3, 0.4) is 0 Å². The third kappa shape index (κ3) is 7.15. The van der Waals surface area contributed by atoms with E-state index >= 15 is 0 Å². The van der Waals surface area contributed by atoms with Crippen LogP contribution in [0.5, 0.6) is 11.5 Å². The van der Waals surface area contributed by atoms with Gasteiger partial charge in [-0.1, -0.05) is 19.6 Å². The molecule has 0 fully saturated rings. The van der Waals surface area contributed by atoms with Gasteiger partial charge in [0.25, 0.3) is 0 Å². The summed E-state index contributed by atoms with van der Waals surface area (Å²) in [5, 5.41) is 2.70. The van der Waals surface area contributed by atoms with Crippen molar-refractivity contribution in [2.75, 3.05) is 25.8 Å². The van der Waals surface area contributed by atoms with E-state index in [9.17, 15) is 4.79 Å². The number of anilines is 1. The molecule has 0 unspecified atom stereocenters. The van der Waals surface area contributed by atoms with Gasteiger partial charge in [0, 0.05) is 33.4 Å². The van der Waals surface area contributed by atoms with Crippen LogP contribution in [0.4, 0.5) is 5.69 Å². The van der Waals surface area contributed by atoms with Crippen LogP contribution in [-0.4, -0.2) is 34.5 Å². The molecule has 0 radical (unpaired) electrons. The molecule has 0 aromatic heterocycles. The predicted molar refractivity (Wildman–Crippen MR) is 86.9 cm³/mol. The lowest BCUT2D eigenvalue weighted by atomic mass is 10.2. The molecule has 118 valence electrons. The van der Waals surface area contributed by atoms with E-state index < -0.39 is 8.07 Å². The highest BCUT2D eigenvalue weighted by Crippen LogP contribution is 2.30. The minimum Gasteiger partial charge on any atom is -0.493 e. The molecule has 0 saturated heterocycles. The quantitative estimate of drug-likeness (QED) is 0.454. The average molecular weight is 311 g/mol. The Bertz CT molecular complexity index is 471. The van der Waals surface area contributed by atoms with Crippen LogP contribution in [0.25, 0.3) is 0 Å². The number of hydrogen-bond donors (Lipinski definition) is 1. The topological polar surface area (TPSA) is 56.8 Å². The van der Waals surface area contributed by atoms with E-state index in [2.05, 4.69) is 25.0 Å². The number of rotatable bonds is 8. The van der Waals surface area contributed by atoms with Gasteiger partial charge in [0.2, 0.25) is 5.91 Å². The van der Waals surface area contributed by atoms with Crippen LogP contribution in [0.2, 0.25) is 25.7 Å². The minimum absolute atomic E-state index is 0.125. The molecule has 21 heavy (non-hydrogen) atoms. The van der Waals surface area contributed by atoms with Gasteiger partial charge in [-0.2, -0.15) is 0 Å². The summed E-state index contributed by atoms with van der Waals surface area (Å²) in [6, 6.07) is 6.35. The smallest absolute Gasteiger partial charge is 0.221 e. The van der Waals surface area contributed by atoms with Gasteiger partial charge in [0.1, 0.15) is 0 Å². The van der Waals surface area contributed by atoms with Gasteiger partial charge in [-0.15, -0.1) is 0 Å². The monoisotopic (exact) mass is 311 g/mol. The normalized spacial score (nSPS) is 11.1. The van der Waals surface area contributed by atoms with E-state index in [0.29, 0.717) is 23.8 Å². The Hall–Kier alpha value is -1.53. The molecule has 0 heterocycles. The Kier molecular flexibility index (Phi) is 6.71. The largest absolute Gasteiger partial charge is 0.493 e. The fourth-order valence-electron chi connectivity index (χ4n) is 1.61. The average Bonchev–Trinajstić information content (AvgIpc) is 2.37. The maximum Gasteiger partial charge on any atom is 0.221 e. The fourth-order valence-corrected chi connectivity index (χ4v) is 2.37. The molecule has 1 aromatic rings. The van der Waals surface area contributed by atoms with Gasteiger partial charge in [0.15, 0.2) is 18.3 Å². The molecule has 0 aliphatic heterocycles. The molecular formula is C15H25NO4Si. The van der Waals surface area contributed by atoms with Crippen LogP contribution in [-0.2, 0) is 9.53 Å². The second-order valence-corrected chi connectivity index (χ2v) is 11.6. The molecule has 0 aliphatic carbocycles. The highest BCUT2D eigenvalue weighted by Gasteiger charge is 2.12. The third-order valence-corrected chi connectivity index (χ3v) is 4.48. The number of carbonyl (C=O) groups excluding carboxylic acids is 1. The number of ether oxygens (including phenoxy) is 3. The van der Waals surface area contributed by atoms with Gasteiger partial charge >= 0.3 is 0 Å². The first-order chi connectivity index (χ1) is 9.81. The number of nitrogens with one attached hydrogen (secondary N) is 1. The number of methoxy groups -OCH3 is 1. The van der Waals surface area contributed by atoms with Crippen molar-refractivity contribution in [3.05, 3.63) is 18.2 Å². The van der Waals surface area contributed by atoms with Gasteiger partial charge in [-0.25, -0.2) is 0 Å². The van der Waals surface area contributed by atoms with Crippen LogP contribution in [0, 0.1) is 0 Å². The minimum atomic E-state index is -1.07. The summed E-state index contributed by atoms with van der Waals surface area (Å²) in [6.45, 7) is 9.29. The molecule has 0 atom stereocenters. The molecular weight excluding hydrogens is 286 g/mol. The van der Waals surface area contributed by atoms with Crippen LogP contribution in [0.15, 0.2) is 18.2 Å². The first-order valence-electron chi connectivity index (χ1n) is 6.98. The van der Waals surface area contributed by atoms with E-state index in [-0.39, 0.29) is 12.7 Å². The van der Waals surface area contributed by atoms with E-state index in [1.54, 1.807) is 25.3 Å². The second-order valence-electron chi connectivity index (χ2n) is 6.03. The zero-order valence-corrected chi connectivity index (χ0v) is 14.5. The standard InChI is InChI=1S/C15H25NO4Si/c1-12(17)16-13-6-7-14(15(10-13)18-2)20-11-19-8-9-21(3,4)5/h6-7,10H,8-9,11H2,1-5H3,(H,16,17). The maximum absolute atomic E-state index is 11.0. The van der Waals surface area contributed by atoms with E-state index in [1.165, 1.54) is 6.92 Å². The van der Waals surface area contributed by atoms with Crippen molar-refractivity contribution in [3.8, 4) is 11.5 Å². The zero-order valence-electron chi connectivity index (χ0n) is 13.5. The lowest BCUT2D eigenvalue weighted by Crippen LogP contribution is -2.22. The molecule has 0 spiro atoms. The van der Waals surface area contributed by atoms with Gasteiger partial charge in [-0.3, -0.25) is 4.79 Å². The van der Waals surface area contributed by atoms with Crippen molar-refractivity contribution in [3.63, 3.8) is 0 Å². The summed E-state index contributed by atoms with van der Waals surface area (Å²) < 4.78 is 16.3. The molecule has 0 bridgehead atoms. The van der Waals surface area contributed by atoms with Crippen molar-refractivity contribution in [1.29, 1.82) is 0 Å². The Morgan fingerprint density at radius 1 is 1.24 bits per heavy atom. The number of carbonyl (C=O) groups is 1. The molecule has 5 nitrogen and oxygen atoms in total. The Labute approximate surface area is 127 Å². The fraction of sp³-hybridized carbons (Fsp3) is 0.533. The van der Waals surface area contributed by atoms with Crippen LogP contribution >= 0.6 is 0 Å². The van der Waals surface area contributed by atoms with Crippen molar-refractivity contribution < 1.29 is 19.0 Å². The van der Waals surface area contributed by atoms with Gasteiger partial charge < -0.3 is 19.5 Å². The lowest BCUT2D eigenvalue weighted by Gasteiger charge is -2.16. The zero-order chi connectivity index (χ0) is 15.9. The molecule has 6 heteroatoms. The van der Waals surface area contributed by atoms with E-state index in [4.69, 9.17) is 14.2 Å². The van der Waals surface area contributed by atoms with E-state index in [0.717, 1.165) is 6.04 Å². The van der Waals surface area contributed by atoms with Crippen LogP contribution in [0.1, 0.15) is 6.92 Å². The van der Waals surface area contributed by atoms with Gasteiger partial charge in [0.05, 0.1) is 7.11 Å². The Morgan fingerprint density at radius 3 is 2.52 bits per heavy atom. The highest BCUT2D eigenvalue weighted by atomic mass is 28.3. The summed E-state index contributed by atoms with van der Waals surface area (Å²) >= 11 is 0. The SMILES string of the molecule is COc1cc(NC(C)=O)ccc1OCOCC[Si](C)(C)C. The van der Waals surface area contributed by atoms with Crippen molar-refractivity contribution in [2.24, 2.45) is 0 Å².